The Morgan fingerprint density at radius 3 is 1.43 bits per heavy atom. The van der Waals surface area contributed by atoms with E-state index in [1.807, 2.05) is 43.3 Å². The number of fused-ring (bicyclic) bond motifs is 6. The molecule has 8 nitrogen and oxygen atoms in total. The first-order chi connectivity index (χ1) is 22.7. The molecule has 0 bridgehead atoms. The molecule has 0 radical (unpaired) electrons. The summed E-state index contributed by atoms with van der Waals surface area (Å²) in [5.74, 6) is -2.40. The van der Waals surface area contributed by atoms with E-state index < -0.39 is 35.0 Å². The molecule has 2 aliphatic rings. The third kappa shape index (κ3) is 5.24. The van der Waals surface area contributed by atoms with Crippen LogP contribution in [0.2, 0.25) is 0 Å². The first-order valence-electron chi connectivity index (χ1n) is 17.1. The summed E-state index contributed by atoms with van der Waals surface area (Å²) in [6, 6.07) is 21.7. The first-order valence-corrected chi connectivity index (χ1v) is 17.1. The Morgan fingerprint density at radius 2 is 0.957 bits per heavy atom. The van der Waals surface area contributed by atoms with Crippen LogP contribution in [0, 0.1) is 0 Å². The van der Waals surface area contributed by atoms with E-state index in [4.69, 9.17) is 11.5 Å². The van der Waals surface area contributed by atoms with Crippen LogP contribution in [0.1, 0.15) is 126 Å². The number of nitrogens with two attached hydrogens (primary N) is 2. The summed E-state index contributed by atoms with van der Waals surface area (Å²) in [7, 11) is 0. The summed E-state index contributed by atoms with van der Waals surface area (Å²) in [6.07, 6.45) is 8.68. The van der Waals surface area contributed by atoms with Crippen LogP contribution in [0.15, 0.2) is 72.8 Å². The molecular weight excluding hydrogens is 588 g/mol. The molecule has 244 valence electrons. The fraction of sp³-hybridized carbons (Fsp3) is 0.385. The van der Waals surface area contributed by atoms with Gasteiger partial charge in [-0.05, 0) is 52.9 Å². The van der Waals surface area contributed by atoms with Crippen molar-refractivity contribution in [2.24, 2.45) is 11.5 Å². The van der Waals surface area contributed by atoms with Crippen molar-refractivity contribution in [3.63, 3.8) is 0 Å². The van der Waals surface area contributed by atoms with Crippen LogP contribution in [0.4, 0.5) is 0 Å². The van der Waals surface area contributed by atoms with Gasteiger partial charge in [0.1, 0.15) is 5.66 Å². The highest BCUT2D eigenvalue weighted by atomic mass is 16.2. The van der Waals surface area contributed by atoms with Crippen molar-refractivity contribution in [2.75, 3.05) is 0 Å². The molecular formula is C39H44N4O4. The van der Waals surface area contributed by atoms with Gasteiger partial charge in [-0.3, -0.25) is 19.2 Å². The molecule has 0 aromatic heterocycles. The van der Waals surface area contributed by atoms with E-state index in [-0.39, 0.29) is 35.1 Å². The van der Waals surface area contributed by atoms with Gasteiger partial charge in [0.05, 0.1) is 22.3 Å². The molecule has 0 aliphatic carbocycles. The molecule has 4 amide bonds. The summed E-state index contributed by atoms with van der Waals surface area (Å²) in [5, 5.41) is 2.84. The largest absolute Gasteiger partial charge is 0.310 e. The van der Waals surface area contributed by atoms with E-state index in [0.29, 0.717) is 23.6 Å². The van der Waals surface area contributed by atoms with Crippen LogP contribution in [0.3, 0.4) is 0 Å². The molecule has 4 aromatic rings. The van der Waals surface area contributed by atoms with Gasteiger partial charge in [-0.2, -0.15) is 0 Å². The topological polar surface area (TPSA) is 127 Å². The molecule has 2 heterocycles. The summed E-state index contributed by atoms with van der Waals surface area (Å²) < 4.78 is 0. The van der Waals surface area contributed by atoms with Gasteiger partial charge >= 0.3 is 0 Å². The van der Waals surface area contributed by atoms with Gasteiger partial charge < -0.3 is 11.5 Å². The number of unbranched alkanes of at least 4 members (excludes halogenated alkanes) is 7. The lowest BCUT2D eigenvalue weighted by Gasteiger charge is -2.54. The number of benzene rings is 4. The molecule has 4 aromatic carbocycles. The predicted molar refractivity (Wildman–Crippen MR) is 185 cm³/mol. The molecule has 6 rings (SSSR count). The monoisotopic (exact) mass is 632 g/mol. The zero-order valence-electron chi connectivity index (χ0n) is 27.4. The Morgan fingerprint density at radius 1 is 0.511 bits per heavy atom. The zero-order chi connectivity index (χ0) is 33.3. The van der Waals surface area contributed by atoms with Gasteiger partial charge in [0.15, 0.2) is 5.66 Å². The molecule has 47 heavy (non-hydrogen) atoms. The molecule has 0 fully saturated rings. The molecule has 0 unspecified atom stereocenters. The number of carbonyl (C=O) groups is 4. The molecule has 4 N–H and O–H groups in total. The average Bonchev–Trinajstić information content (AvgIpc) is 3.49. The summed E-state index contributed by atoms with van der Waals surface area (Å²) in [4.78, 5) is 60.8. The highest BCUT2D eigenvalue weighted by molar-refractivity contribution is 6.30. The van der Waals surface area contributed by atoms with E-state index in [0.717, 1.165) is 46.3 Å². The number of imide groups is 2. The molecule has 0 saturated carbocycles. The number of hydrogen-bond acceptors (Lipinski definition) is 6. The van der Waals surface area contributed by atoms with Gasteiger partial charge in [-0.25, -0.2) is 9.80 Å². The molecule has 0 atom stereocenters. The van der Waals surface area contributed by atoms with E-state index in [1.54, 1.807) is 36.4 Å². The van der Waals surface area contributed by atoms with Gasteiger partial charge in [-0.15, -0.1) is 0 Å². The van der Waals surface area contributed by atoms with Crippen molar-refractivity contribution in [1.82, 2.24) is 9.80 Å². The Balaban J connectivity index is 1.50. The lowest BCUT2D eigenvalue weighted by Crippen LogP contribution is -2.81. The van der Waals surface area contributed by atoms with Crippen molar-refractivity contribution < 1.29 is 19.2 Å². The van der Waals surface area contributed by atoms with Crippen LogP contribution in [-0.2, 0) is 0 Å². The van der Waals surface area contributed by atoms with Crippen molar-refractivity contribution in [1.29, 1.82) is 0 Å². The minimum absolute atomic E-state index is 0.0712. The van der Waals surface area contributed by atoms with Crippen molar-refractivity contribution in [3.8, 4) is 0 Å². The second-order valence-corrected chi connectivity index (χ2v) is 13.1. The molecule has 0 spiro atoms. The second kappa shape index (κ2) is 13.0. The van der Waals surface area contributed by atoms with Gasteiger partial charge in [-0.1, -0.05) is 126 Å². The van der Waals surface area contributed by atoms with Crippen LogP contribution in [0.5, 0.6) is 0 Å². The Bertz CT molecular complexity index is 1760. The zero-order valence-corrected chi connectivity index (χ0v) is 27.4. The van der Waals surface area contributed by atoms with Crippen molar-refractivity contribution in [2.45, 2.75) is 95.8 Å². The number of nitrogens with zero attached hydrogens (tertiary/aromatic N) is 2. The maximum absolute atomic E-state index is 14.8. The summed E-state index contributed by atoms with van der Waals surface area (Å²) in [5.41, 5.74) is 11.3. The second-order valence-electron chi connectivity index (χ2n) is 13.1. The number of amides is 4. The number of hydrogen-bond donors (Lipinski definition) is 2. The SMILES string of the molecule is CCCCCCCCCCC(N1C(=O)c2ccc3ccccc3c2C1=O)(N1C(=O)c2ccc3ccccc3c2C1=O)C(N)(N)CCC. The fourth-order valence-electron chi connectivity index (χ4n) is 7.77. The maximum Gasteiger partial charge on any atom is 0.264 e. The maximum atomic E-state index is 14.8. The van der Waals surface area contributed by atoms with Gasteiger partial charge in [0.25, 0.3) is 23.6 Å². The summed E-state index contributed by atoms with van der Waals surface area (Å²) in [6.45, 7) is 4.09. The fourth-order valence-corrected chi connectivity index (χ4v) is 7.77. The summed E-state index contributed by atoms with van der Waals surface area (Å²) >= 11 is 0. The standard InChI is InChI=1S/C39H44N4O4/c1-3-5-6-7-8-9-10-15-25-39(38(40,41)24-4-2,42-34(44)30-22-20-26-16-11-13-18-28(26)32(30)36(42)46)43-35(45)31-23-21-27-17-12-14-19-29(27)33(31)37(43)47/h11-14,16-23H,3-10,15,24-25,40-41H2,1-2H3. The van der Waals surface area contributed by atoms with Crippen LogP contribution in [-0.4, -0.2) is 44.8 Å². The lowest BCUT2D eigenvalue weighted by atomic mass is 9.81. The number of carbonyl (C=O) groups excluding carboxylic acids is 4. The quantitative estimate of drug-likeness (QED) is 0.0841. The van der Waals surface area contributed by atoms with Crippen molar-refractivity contribution >= 4 is 45.2 Å². The minimum Gasteiger partial charge on any atom is -0.310 e. The van der Waals surface area contributed by atoms with Crippen LogP contribution >= 0.6 is 0 Å². The van der Waals surface area contributed by atoms with Gasteiger partial charge in [0.2, 0.25) is 0 Å². The van der Waals surface area contributed by atoms with Crippen LogP contribution in [0.25, 0.3) is 21.5 Å². The highest BCUT2D eigenvalue weighted by Crippen LogP contribution is 2.46. The Hall–Kier alpha value is -4.40. The average molecular weight is 633 g/mol. The van der Waals surface area contributed by atoms with E-state index in [2.05, 4.69) is 6.92 Å². The van der Waals surface area contributed by atoms with E-state index in [9.17, 15) is 19.2 Å². The Kier molecular flexibility index (Phi) is 9.01. The lowest BCUT2D eigenvalue weighted by molar-refractivity contribution is -0.0550. The minimum atomic E-state index is -1.96. The molecule has 2 aliphatic heterocycles. The normalized spacial score (nSPS) is 15.0. The third-order valence-corrected chi connectivity index (χ3v) is 10.1. The van der Waals surface area contributed by atoms with E-state index in [1.165, 1.54) is 19.3 Å². The predicted octanol–water partition coefficient (Wildman–Crippen LogP) is 7.53. The van der Waals surface area contributed by atoms with Gasteiger partial charge in [0, 0.05) is 0 Å². The Labute approximate surface area is 276 Å². The first kappa shape index (κ1) is 32.5. The van der Waals surface area contributed by atoms with Crippen molar-refractivity contribution in [3.05, 3.63) is 95.1 Å². The molecule has 8 heteroatoms. The third-order valence-electron chi connectivity index (χ3n) is 10.1. The number of rotatable bonds is 14. The highest BCUT2D eigenvalue weighted by Gasteiger charge is 2.65. The molecule has 0 saturated heterocycles. The smallest absolute Gasteiger partial charge is 0.264 e. The van der Waals surface area contributed by atoms with E-state index >= 15 is 0 Å². The van der Waals surface area contributed by atoms with Crippen LogP contribution < -0.4 is 11.5 Å².